The molecule has 1 aliphatic carbocycles. The molecular formula is C22H27NO3S. The maximum absolute atomic E-state index is 13.3. The van der Waals surface area contributed by atoms with E-state index in [2.05, 4.69) is 19.2 Å². The van der Waals surface area contributed by atoms with Gasteiger partial charge in [0.25, 0.3) is 0 Å². The molecule has 2 aromatic rings. The number of hydrogen-bond acceptors (Lipinski definition) is 3. The molecule has 5 heteroatoms. The van der Waals surface area contributed by atoms with Gasteiger partial charge in [-0.3, -0.25) is 4.79 Å². The lowest BCUT2D eigenvalue weighted by atomic mass is 9.98. The predicted molar refractivity (Wildman–Crippen MR) is 109 cm³/mol. The summed E-state index contributed by atoms with van der Waals surface area (Å²) in [4.78, 5) is 13.4. The van der Waals surface area contributed by atoms with Gasteiger partial charge in [0, 0.05) is 5.69 Å². The van der Waals surface area contributed by atoms with E-state index in [1.165, 1.54) is 5.56 Å². The fourth-order valence-corrected chi connectivity index (χ4v) is 5.85. The monoisotopic (exact) mass is 385 g/mol. The van der Waals surface area contributed by atoms with Gasteiger partial charge in [0.15, 0.2) is 14.6 Å². The van der Waals surface area contributed by atoms with E-state index < -0.39 is 20.5 Å². The first-order valence-electron chi connectivity index (χ1n) is 9.62. The largest absolute Gasteiger partial charge is 0.325 e. The molecule has 3 rings (SSSR count). The van der Waals surface area contributed by atoms with Crippen LogP contribution in [0.25, 0.3) is 0 Å². The van der Waals surface area contributed by atoms with Gasteiger partial charge in [-0.05, 0) is 55.0 Å². The predicted octanol–water partition coefficient (Wildman–Crippen LogP) is 4.93. The standard InChI is InChI=1S/C22H27NO3S/c1-3-17(2)18-11-13-19(14-12-18)23-21(24)22(15-7-8-16-22)27(25,26)20-9-5-4-6-10-20/h4-6,9-14,17H,3,7-8,15-16H2,1-2H3,(H,23,24). The highest BCUT2D eigenvalue weighted by Gasteiger charge is 2.52. The lowest BCUT2D eigenvalue weighted by molar-refractivity contribution is -0.118. The number of carbonyl (C=O) groups is 1. The van der Waals surface area contributed by atoms with Crippen molar-refractivity contribution in [1.29, 1.82) is 0 Å². The second-order valence-electron chi connectivity index (χ2n) is 7.40. The third kappa shape index (κ3) is 3.65. The van der Waals surface area contributed by atoms with Crippen molar-refractivity contribution in [2.24, 2.45) is 0 Å². The van der Waals surface area contributed by atoms with E-state index in [1.54, 1.807) is 30.3 Å². The van der Waals surface area contributed by atoms with Gasteiger partial charge in [0.05, 0.1) is 4.90 Å². The molecule has 0 spiro atoms. The SMILES string of the molecule is CCC(C)c1ccc(NC(=O)C2(S(=O)(=O)c3ccccc3)CCCC2)cc1. The molecule has 1 amide bonds. The second kappa shape index (κ2) is 7.85. The molecule has 144 valence electrons. The summed E-state index contributed by atoms with van der Waals surface area (Å²) in [5.41, 5.74) is 1.85. The lowest BCUT2D eigenvalue weighted by Crippen LogP contribution is -2.47. The molecule has 1 atom stereocenters. The van der Waals surface area contributed by atoms with Gasteiger partial charge in [0.1, 0.15) is 0 Å². The van der Waals surface area contributed by atoms with Crippen molar-refractivity contribution in [2.75, 3.05) is 5.32 Å². The molecule has 1 aliphatic rings. The first kappa shape index (κ1) is 19.6. The smallest absolute Gasteiger partial charge is 0.246 e. The zero-order chi connectivity index (χ0) is 19.5. The maximum atomic E-state index is 13.3. The minimum atomic E-state index is -3.76. The zero-order valence-corrected chi connectivity index (χ0v) is 16.8. The van der Waals surface area contributed by atoms with Crippen LogP contribution in [0.5, 0.6) is 0 Å². The van der Waals surface area contributed by atoms with E-state index in [4.69, 9.17) is 0 Å². The highest BCUT2D eigenvalue weighted by atomic mass is 32.2. The Hall–Kier alpha value is -2.14. The van der Waals surface area contributed by atoms with Crippen LogP contribution in [-0.2, 0) is 14.6 Å². The summed E-state index contributed by atoms with van der Waals surface area (Å²) in [5, 5.41) is 2.87. The Morgan fingerprint density at radius 1 is 1.04 bits per heavy atom. The van der Waals surface area contributed by atoms with E-state index >= 15 is 0 Å². The van der Waals surface area contributed by atoms with Crippen LogP contribution in [0.4, 0.5) is 5.69 Å². The van der Waals surface area contributed by atoms with Crippen molar-refractivity contribution < 1.29 is 13.2 Å². The van der Waals surface area contributed by atoms with Gasteiger partial charge in [-0.15, -0.1) is 0 Å². The molecule has 0 radical (unpaired) electrons. The molecule has 1 fully saturated rings. The summed E-state index contributed by atoms with van der Waals surface area (Å²) in [5.74, 6) is 0.0366. The summed E-state index contributed by atoms with van der Waals surface area (Å²) in [7, 11) is -3.76. The number of carbonyl (C=O) groups excluding carboxylic acids is 1. The summed E-state index contributed by atoms with van der Waals surface area (Å²) in [6.07, 6.45) is 3.25. The number of benzene rings is 2. The number of amides is 1. The number of sulfone groups is 1. The van der Waals surface area contributed by atoms with Gasteiger partial charge < -0.3 is 5.32 Å². The van der Waals surface area contributed by atoms with Crippen LogP contribution in [0.15, 0.2) is 59.5 Å². The Labute approximate surface area is 161 Å². The van der Waals surface area contributed by atoms with Crippen molar-refractivity contribution >= 4 is 21.4 Å². The fourth-order valence-electron chi connectivity index (χ4n) is 3.76. The topological polar surface area (TPSA) is 63.2 Å². The third-order valence-corrected chi connectivity index (χ3v) is 8.26. The van der Waals surface area contributed by atoms with Crippen molar-refractivity contribution in [2.45, 2.75) is 61.5 Å². The van der Waals surface area contributed by atoms with Crippen LogP contribution in [-0.4, -0.2) is 19.1 Å². The van der Waals surface area contributed by atoms with Gasteiger partial charge in [-0.2, -0.15) is 0 Å². The second-order valence-corrected chi connectivity index (χ2v) is 9.66. The average molecular weight is 386 g/mol. The summed E-state index contributed by atoms with van der Waals surface area (Å²) < 4.78 is 25.2. The van der Waals surface area contributed by atoms with Crippen LogP contribution in [0, 0.1) is 0 Å². The normalized spacial score (nSPS) is 17.4. The molecule has 4 nitrogen and oxygen atoms in total. The molecular weight excluding hydrogens is 358 g/mol. The van der Waals surface area contributed by atoms with E-state index in [1.807, 2.05) is 24.3 Å². The Morgan fingerprint density at radius 2 is 1.63 bits per heavy atom. The van der Waals surface area contributed by atoms with E-state index in [-0.39, 0.29) is 4.90 Å². The third-order valence-electron chi connectivity index (χ3n) is 5.74. The number of anilines is 1. The van der Waals surface area contributed by atoms with Gasteiger partial charge in [0.2, 0.25) is 5.91 Å². The van der Waals surface area contributed by atoms with E-state index in [0.717, 1.165) is 19.3 Å². The quantitative estimate of drug-likeness (QED) is 0.767. The van der Waals surface area contributed by atoms with Crippen molar-refractivity contribution in [3.8, 4) is 0 Å². The van der Waals surface area contributed by atoms with Crippen LogP contribution in [0.3, 0.4) is 0 Å². The molecule has 0 aliphatic heterocycles. The first-order valence-corrected chi connectivity index (χ1v) is 11.1. The zero-order valence-electron chi connectivity index (χ0n) is 15.9. The molecule has 0 bridgehead atoms. The summed E-state index contributed by atoms with van der Waals surface area (Å²) >= 11 is 0. The Morgan fingerprint density at radius 3 is 2.19 bits per heavy atom. The van der Waals surface area contributed by atoms with Crippen LogP contribution in [0.2, 0.25) is 0 Å². The molecule has 1 saturated carbocycles. The summed E-state index contributed by atoms with van der Waals surface area (Å²) in [6.45, 7) is 4.30. The number of rotatable bonds is 6. The lowest BCUT2D eigenvalue weighted by Gasteiger charge is -2.27. The van der Waals surface area contributed by atoms with Crippen LogP contribution < -0.4 is 5.32 Å². The van der Waals surface area contributed by atoms with Crippen molar-refractivity contribution in [1.82, 2.24) is 0 Å². The van der Waals surface area contributed by atoms with Gasteiger partial charge in [-0.25, -0.2) is 8.42 Å². The number of hydrogen-bond donors (Lipinski definition) is 1. The minimum Gasteiger partial charge on any atom is -0.325 e. The Kier molecular flexibility index (Phi) is 5.70. The fraction of sp³-hybridized carbons (Fsp3) is 0.409. The maximum Gasteiger partial charge on any atom is 0.246 e. The first-order chi connectivity index (χ1) is 12.9. The van der Waals surface area contributed by atoms with E-state index in [0.29, 0.717) is 24.4 Å². The van der Waals surface area contributed by atoms with Gasteiger partial charge in [-0.1, -0.05) is 57.0 Å². The molecule has 1 unspecified atom stereocenters. The average Bonchev–Trinajstić information content (AvgIpc) is 3.20. The molecule has 27 heavy (non-hydrogen) atoms. The van der Waals surface area contributed by atoms with Crippen LogP contribution >= 0.6 is 0 Å². The molecule has 0 heterocycles. The molecule has 1 N–H and O–H groups in total. The number of nitrogens with one attached hydrogen (secondary N) is 1. The highest BCUT2D eigenvalue weighted by Crippen LogP contribution is 2.41. The molecule has 2 aromatic carbocycles. The Balaban J connectivity index is 1.88. The highest BCUT2D eigenvalue weighted by molar-refractivity contribution is 7.93. The van der Waals surface area contributed by atoms with Crippen LogP contribution in [0.1, 0.15) is 57.4 Å². The van der Waals surface area contributed by atoms with Crippen molar-refractivity contribution in [3.63, 3.8) is 0 Å². The van der Waals surface area contributed by atoms with Crippen molar-refractivity contribution in [3.05, 3.63) is 60.2 Å². The summed E-state index contributed by atoms with van der Waals surface area (Å²) in [6, 6.07) is 16.0. The molecule has 0 saturated heterocycles. The molecule has 0 aromatic heterocycles. The van der Waals surface area contributed by atoms with Gasteiger partial charge >= 0.3 is 0 Å². The Bertz CT molecular complexity index is 883. The van der Waals surface area contributed by atoms with E-state index in [9.17, 15) is 13.2 Å². The minimum absolute atomic E-state index is 0.217.